The summed E-state index contributed by atoms with van der Waals surface area (Å²) >= 11 is 0. The lowest BCUT2D eigenvalue weighted by Gasteiger charge is -2.14. The third kappa shape index (κ3) is 5.36. The van der Waals surface area contributed by atoms with Crippen molar-refractivity contribution in [3.63, 3.8) is 0 Å². The minimum absolute atomic E-state index is 0.0525. The average Bonchev–Trinajstić information content (AvgIpc) is 3.17. The van der Waals surface area contributed by atoms with Gasteiger partial charge in [0.1, 0.15) is 0 Å². The van der Waals surface area contributed by atoms with Crippen LogP contribution in [0.5, 0.6) is 0 Å². The average molecular weight is 481 g/mol. The highest BCUT2D eigenvalue weighted by Gasteiger charge is 2.19. The molecule has 0 spiro atoms. The number of para-hydroxylation sites is 1. The molecule has 0 aliphatic heterocycles. The Morgan fingerprint density at radius 2 is 1.74 bits per heavy atom. The van der Waals surface area contributed by atoms with Crippen LogP contribution in [-0.2, 0) is 21.4 Å². The van der Waals surface area contributed by atoms with E-state index in [2.05, 4.69) is 20.0 Å². The van der Waals surface area contributed by atoms with Gasteiger partial charge in [-0.2, -0.15) is 0 Å². The van der Waals surface area contributed by atoms with E-state index in [4.69, 9.17) is 4.74 Å². The topological polar surface area (TPSA) is 133 Å². The second kappa shape index (κ2) is 9.54. The molecule has 0 aliphatic carbocycles. The monoisotopic (exact) mass is 480 g/mol. The number of ether oxygens (including phenoxy) is 1. The number of carbonyl (C=O) groups is 1. The molecule has 4 N–H and O–H groups in total. The Kier molecular flexibility index (Phi) is 6.53. The molecule has 4 aromatic rings. The lowest BCUT2D eigenvalue weighted by Crippen LogP contribution is -2.18. The molecule has 4 rings (SSSR count). The summed E-state index contributed by atoms with van der Waals surface area (Å²) in [6, 6.07) is 17.8. The molecule has 0 bridgehead atoms. The van der Waals surface area contributed by atoms with Gasteiger partial charge in [-0.15, -0.1) is 0 Å². The second-order valence-electron chi connectivity index (χ2n) is 7.95. The van der Waals surface area contributed by atoms with E-state index in [9.17, 15) is 18.0 Å². The molecule has 9 nitrogen and oxygen atoms in total. The van der Waals surface area contributed by atoms with Crippen LogP contribution >= 0.6 is 0 Å². The van der Waals surface area contributed by atoms with Gasteiger partial charge in [-0.3, -0.25) is 9.52 Å². The van der Waals surface area contributed by atoms with Gasteiger partial charge in [-0.05, 0) is 61.9 Å². The van der Waals surface area contributed by atoms with Crippen molar-refractivity contribution in [2.24, 2.45) is 0 Å². The molecule has 0 atom stereocenters. The molecular formula is C24H24N4O5S. The number of anilines is 2. The Labute approximate surface area is 196 Å². The first-order chi connectivity index (χ1) is 16.2. The molecular weight excluding hydrogens is 456 g/mol. The molecule has 176 valence electrons. The number of hydrogen-bond donors (Lipinski definition) is 4. The van der Waals surface area contributed by atoms with Crippen LogP contribution < -0.4 is 15.7 Å². The Bertz CT molecular complexity index is 1510. The molecule has 0 saturated heterocycles. The van der Waals surface area contributed by atoms with Crippen LogP contribution in [0, 0.1) is 0 Å². The first-order valence-electron chi connectivity index (χ1n) is 10.6. The molecule has 0 saturated carbocycles. The van der Waals surface area contributed by atoms with Gasteiger partial charge in [0, 0.05) is 5.69 Å². The van der Waals surface area contributed by atoms with Crippen LogP contribution in [0.4, 0.5) is 11.4 Å². The molecule has 3 aromatic carbocycles. The van der Waals surface area contributed by atoms with Crippen molar-refractivity contribution in [2.45, 2.75) is 31.5 Å². The number of rotatable bonds is 8. The van der Waals surface area contributed by atoms with Crippen molar-refractivity contribution in [1.82, 2.24) is 9.97 Å². The Morgan fingerprint density at radius 3 is 2.53 bits per heavy atom. The fourth-order valence-electron chi connectivity index (χ4n) is 3.35. The third-order valence-corrected chi connectivity index (χ3v) is 6.35. The predicted octanol–water partition coefficient (Wildman–Crippen LogP) is 3.83. The minimum atomic E-state index is -4.03. The van der Waals surface area contributed by atoms with Gasteiger partial charge in [0.25, 0.3) is 15.9 Å². The molecule has 1 amide bonds. The molecule has 10 heteroatoms. The fraction of sp³-hybridized carbons (Fsp3) is 0.167. The first kappa shape index (κ1) is 23.3. The smallest absolute Gasteiger partial charge is 0.323 e. The summed E-state index contributed by atoms with van der Waals surface area (Å²) in [5.74, 6) is -0.467. The van der Waals surface area contributed by atoms with Crippen LogP contribution in [0.15, 0.2) is 76.4 Å². The number of fused-ring (bicyclic) bond motifs is 1. The molecule has 0 unspecified atom stereocenters. The zero-order chi connectivity index (χ0) is 24.3. The highest BCUT2D eigenvalue weighted by Crippen LogP contribution is 2.23. The summed E-state index contributed by atoms with van der Waals surface area (Å²) in [6.07, 6.45) is 0.0800. The van der Waals surface area contributed by atoms with Crippen molar-refractivity contribution in [1.29, 1.82) is 0 Å². The SMILES string of the molecule is CC(C)OCc1cccc(NC(=O)c2ccccc2NS(=O)(=O)c2ccc3[nH]c(=O)[nH]c3c2)c1. The summed E-state index contributed by atoms with van der Waals surface area (Å²) in [6.45, 7) is 4.30. The van der Waals surface area contributed by atoms with E-state index in [1.165, 1.54) is 30.3 Å². The van der Waals surface area contributed by atoms with Crippen LogP contribution in [-0.4, -0.2) is 30.4 Å². The number of H-pyrrole nitrogens is 2. The number of aromatic nitrogens is 2. The van der Waals surface area contributed by atoms with E-state index >= 15 is 0 Å². The van der Waals surface area contributed by atoms with E-state index in [-0.39, 0.29) is 22.3 Å². The number of benzene rings is 3. The van der Waals surface area contributed by atoms with Gasteiger partial charge in [0.15, 0.2) is 0 Å². The second-order valence-corrected chi connectivity index (χ2v) is 9.63. The maximum atomic E-state index is 13.0. The van der Waals surface area contributed by atoms with E-state index in [1.54, 1.807) is 24.3 Å². The van der Waals surface area contributed by atoms with Gasteiger partial charge in [-0.1, -0.05) is 24.3 Å². The third-order valence-electron chi connectivity index (χ3n) is 4.98. The van der Waals surface area contributed by atoms with Crippen LogP contribution in [0.1, 0.15) is 29.8 Å². The van der Waals surface area contributed by atoms with Crippen molar-refractivity contribution in [3.8, 4) is 0 Å². The molecule has 0 aliphatic rings. The number of amides is 1. The van der Waals surface area contributed by atoms with Crippen molar-refractivity contribution < 1.29 is 17.9 Å². The molecule has 1 aromatic heterocycles. The zero-order valence-electron chi connectivity index (χ0n) is 18.6. The number of aromatic amines is 2. The summed E-state index contributed by atoms with van der Waals surface area (Å²) in [4.78, 5) is 29.5. The number of carbonyl (C=O) groups excluding carboxylic acids is 1. The molecule has 0 fully saturated rings. The van der Waals surface area contributed by atoms with Gasteiger partial charge in [-0.25, -0.2) is 13.2 Å². The number of hydrogen-bond acceptors (Lipinski definition) is 5. The Hall–Kier alpha value is -3.89. The van der Waals surface area contributed by atoms with Gasteiger partial charge >= 0.3 is 5.69 Å². The fourth-order valence-corrected chi connectivity index (χ4v) is 4.46. The van der Waals surface area contributed by atoms with Gasteiger partial charge in [0.2, 0.25) is 0 Å². The standard InChI is InChI=1S/C24H24N4O5S/c1-15(2)33-14-16-6-5-7-17(12-16)25-23(29)19-8-3-4-9-20(19)28-34(31,32)18-10-11-21-22(13-18)27-24(30)26-21/h3-13,15,28H,14H2,1-2H3,(H,25,29)(H2,26,27,30). The molecule has 0 radical (unpaired) electrons. The maximum Gasteiger partial charge on any atom is 0.323 e. The van der Waals surface area contributed by atoms with Crippen LogP contribution in [0.3, 0.4) is 0 Å². The van der Waals surface area contributed by atoms with E-state index < -0.39 is 21.6 Å². The highest BCUT2D eigenvalue weighted by atomic mass is 32.2. The quantitative estimate of drug-likeness (QED) is 0.304. The number of imidazole rings is 1. The maximum absolute atomic E-state index is 13.0. The Morgan fingerprint density at radius 1 is 0.971 bits per heavy atom. The lowest BCUT2D eigenvalue weighted by atomic mass is 10.1. The summed E-state index contributed by atoms with van der Waals surface area (Å²) in [5, 5.41) is 2.81. The Balaban J connectivity index is 1.56. The first-order valence-corrected chi connectivity index (χ1v) is 12.1. The van der Waals surface area contributed by atoms with Crippen LogP contribution in [0.2, 0.25) is 0 Å². The van der Waals surface area contributed by atoms with Crippen molar-refractivity contribution in [2.75, 3.05) is 10.0 Å². The van der Waals surface area contributed by atoms with Crippen molar-refractivity contribution >= 4 is 38.3 Å². The summed E-state index contributed by atoms with van der Waals surface area (Å²) in [5.41, 5.74) is 2.17. The van der Waals surface area contributed by atoms with Crippen molar-refractivity contribution in [3.05, 3.63) is 88.3 Å². The summed E-state index contributed by atoms with van der Waals surface area (Å²) < 4.78 is 34.1. The predicted molar refractivity (Wildman–Crippen MR) is 130 cm³/mol. The normalized spacial score (nSPS) is 11.6. The largest absolute Gasteiger partial charge is 0.374 e. The zero-order valence-corrected chi connectivity index (χ0v) is 19.4. The van der Waals surface area contributed by atoms with E-state index in [0.717, 1.165) is 5.56 Å². The number of sulfonamides is 1. The van der Waals surface area contributed by atoms with E-state index in [1.807, 2.05) is 26.0 Å². The highest BCUT2D eigenvalue weighted by molar-refractivity contribution is 7.92. The van der Waals surface area contributed by atoms with Crippen LogP contribution in [0.25, 0.3) is 11.0 Å². The van der Waals surface area contributed by atoms with E-state index in [0.29, 0.717) is 23.3 Å². The van der Waals surface area contributed by atoms with Gasteiger partial charge in [0.05, 0.1) is 39.9 Å². The lowest BCUT2D eigenvalue weighted by molar-refractivity contribution is 0.0657. The van der Waals surface area contributed by atoms with Gasteiger partial charge < -0.3 is 20.0 Å². The molecule has 34 heavy (non-hydrogen) atoms. The summed E-state index contributed by atoms with van der Waals surface area (Å²) in [7, 11) is -4.03. The number of nitrogens with one attached hydrogen (secondary N) is 4. The minimum Gasteiger partial charge on any atom is -0.374 e. The molecule has 1 heterocycles.